The topological polar surface area (TPSA) is 0 Å². The molecule has 55 heavy (non-hydrogen) atoms. The van der Waals surface area contributed by atoms with Gasteiger partial charge < -0.3 is 0 Å². The summed E-state index contributed by atoms with van der Waals surface area (Å²) in [5, 5.41) is 0. The zero-order valence-corrected chi connectivity index (χ0v) is 36.9. The predicted octanol–water partition coefficient (Wildman–Crippen LogP) is 15.0. The van der Waals surface area contributed by atoms with Gasteiger partial charge in [0.1, 0.15) is 0 Å². The van der Waals surface area contributed by atoms with Gasteiger partial charge in [-0.3, -0.25) is 0 Å². The van der Waals surface area contributed by atoms with E-state index in [-0.39, 0.29) is 16.7 Å². The predicted molar refractivity (Wildman–Crippen MR) is 240 cm³/mol. The van der Waals surface area contributed by atoms with Crippen LogP contribution in [0.3, 0.4) is 0 Å². The van der Waals surface area contributed by atoms with Crippen molar-refractivity contribution < 1.29 is 0 Å². The molecule has 6 aromatic carbocycles. The van der Waals surface area contributed by atoms with Gasteiger partial charge in [-0.1, -0.05) is 112 Å². The van der Waals surface area contributed by atoms with Gasteiger partial charge in [0.2, 0.25) is 0 Å². The van der Waals surface area contributed by atoms with E-state index < -0.39 is 0 Å². The van der Waals surface area contributed by atoms with Crippen LogP contribution in [0.4, 0.5) is 0 Å². The third-order valence-electron chi connectivity index (χ3n) is 11.8. The van der Waals surface area contributed by atoms with Crippen molar-refractivity contribution >= 4 is 43.0 Å². The molecular weight excluding hydrogens is 796 g/mol. The maximum Gasteiger partial charge on any atom is 0.0809 e. The molecule has 0 N–H and O–H groups in total. The number of benzene rings is 6. The molecule has 0 heterocycles. The SMILES string of the molecule is Cc1cc(C(C)(C)C)cc(C)c1[C+]1c2ccccc2C(=C=C2c3ccccc3C(c3c(C)cc(C(C)(C)C)cc3C)c3ccc(Br)cc32)c2cc(Br)ccc21. The number of hydrogen-bond donors (Lipinski definition) is 0. The number of aryl methyl sites for hydroxylation is 4. The highest BCUT2D eigenvalue weighted by atomic mass is 79.9. The first-order valence-corrected chi connectivity index (χ1v) is 21.0. The van der Waals surface area contributed by atoms with E-state index in [0.717, 1.165) is 20.1 Å². The monoisotopic (exact) mass is 843 g/mol. The lowest BCUT2D eigenvalue weighted by atomic mass is 9.69. The zero-order chi connectivity index (χ0) is 39.1. The molecule has 0 bridgehead atoms. The maximum atomic E-state index is 4.18. The highest BCUT2D eigenvalue weighted by Gasteiger charge is 2.39. The molecule has 0 fully saturated rings. The van der Waals surface area contributed by atoms with Crippen LogP contribution in [0.5, 0.6) is 0 Å². The molecule has 1 unspecified atom stereocenters. The van der Waals surface area contributed by atoms with E-state index in [2.05, 4.69) is 216 Å². The highest BCUT2D eigenvalue weighted by Crippen LogP contribution is 2.51. The van der Waals surface area contributed by atoms with Crippen molar-refractivity contribution in [1.29, 1.82) is 0 Å². The Bertz CT molecular complexity index is 2390. The van der Waals surface area contributed by atoms with Crippen molar-refractivity contribution in [2.45, 2.75) is 86.0 Å². The van der Waals surface area contributed by atoms with E-state index in [9.17, 15) is 0 Å². The molecule has 0 saturated carbocycles. The van der Waals surface area contributed by atoms with Crippen LogP contribution in [0.1, 0.15) is 136 Å². The van der Waals surface area contributed by atoms with E-state index in [1.54, 1.807) is 0 Å². The Balaban J connectivity index is 1.43. The standard InChI is InChI=1S/C53H49Br2/c1-30-23-34(52(5,6)7)24-31(2)48(30)50-40-17-13-11-15-38(40)46(44-27-36(54)19-21-42(44)50)29-47-39-16-12-14-18-41(39)51(43-22-20-37(55)28-45(43)47)49-32(3)25-35(26-33(49)4)53(8,9)10/h11-28,50H,1-10H3/q+1. The second-order valence-corrected chi connectivity index (χ2v) is 19.6. The van der Waals surface area contributed by atoms with Crippen molar-refractivity contribution in [2.75, 3.05) is 0 Å². The number of hydrogen-bond acceptors (Lipinski definition) is 0. The van der Waals surface area contributed by atoms with Gasteiger partial charge in [0, 0.05) is 42.7 Å². The molecule has 0 spiro atoms. The molecule has 0 nitrogen and oxygen atoms in total. The largest absolute Gasteiger partial charge is 0.0901 e. The Morgan fingerprint density at radius 3 is 1.58 bits per heavy atom. The minimum Gasteiger partial charge on any atom is -0.0901 e. The van der Waals surface area contributed by atoms with E-state index in [4.69, 9.17) is 0 Å². The van der Waals surface area contributed by atoms with Crippen LogP contribution in [-0.4, -0.2) is 0 Å². The minimum absolute atomic E-state index is 0.0713. The first kappa shape index (κ1) is 37.6. The summed E-state index contributed by atoms with van der Waals surface area (Å²) in [6, 6.07) is 41.3. The average molecular weight is 846 g/mol. The second kappa shape index (κ2) is 13.7. The summed E-state index contributed by atoms with van der Waals surface area (Å²) >= 11 is 7.77. The first-order chi connectivity index (χ1) is 26.0. The number of fused-ring (bicyclic) bond motifs is 4. The van der Waals surface area contributed by atoms with Crippen molar-refractivity contribution in [2.24, 2.45) is 0 Å². The first-order valence-electron chi connectivity index (χ1n) is 19.4. The number of rotatable bonds is 2. The minimum atomic E-state index is 0.0713. The van der Waals surface area contributed by atoms with Gasteiger partial charge in [-0.2, -0.15) is 0 Å². The molecular formula is C53H49Br2+. The Morgan fingerprint density at radius 2 is 0.964 bits per heavy atom. The molecule has 0 aliphatic heterocycles. The summed E-state index contributed by atoms with van der Waals surface area (Å²) in [6.07, 6.45) is 0. The van der Waals surface area contributed by atoms with Gasteiger partial charge in [0.05, 0.1) is 28.2 Å². The third kappa shape index (κ3) is 6.51. The van der Waals surface area contributed by atoms with Crippen LogP contribution in [-0.2, 0) is 10.8 Å². The second-order valence-electron chi connectivity index (χ2n) is 17.7. The lowest BCUT2D eigenvalue weighted by Crippen LogP contribution is -2.19. The van der Waals surface area contributed by atoms with E-state index in [1.165, 1.54) is 94.9 Å². The van der Waals surface area contributed by atoms with E-state index in [0.29, 0.717) is 0 Å². The van der Waals surface area contributed by atoms with Crippen molar-refractivity contribution in [3.8, 4) is 0 Å². The summed E-state index contributed by atoms with van der Waals surface area (Å²) in [4.78, 5) is 0. The Morgan fingerprint density at radius 1 is 0.491 bits per heavy atom. The highest BCUT2D eigenvalue weighted by molar-refractivity contribution is 9.10. The summed E-state index contributed by atoms with van der Waals surface area (Å²) in [5.74, 6) is 1.40. The quantitative estimate of drug-likeness (QED) is 0.120. The van der Waals surface area contributed by atoms with Gasteiger partial charge in [0.15, 0.2) is 0 Å². The maximum absolute atomic E-state index is 4.18. The van der Waals surface area contributed by atoms with Crippen LogP contribution in [0.15, 0.2) is 124 Å². The fourth-order valence-electron chi connectivity index (χ4n) is 9.06. The Hall–Kier alpha value is -4.33. The summed E-state index contributed by atoms with van der Waals surface area (Å²) in [7, 11) is 0. The van der Waals surface area contributed by atoms with Gasteiger partial charge >= 0.3 is 0 Å². The molecule has 0 aromatic heterocycles. The molecule has 274 valence electrons. The van der Waals surface area contributed by atoms with Crippen LogP contribution < -0.4 is 0 Å². The summed E-state index contributed by atoms with van der Waals surface area (Å²) in [6.45, 7) is 23.0. The van der Waals surface area contributed by atoms with Gasteiger partial charge in [0.25, 0.3) is 0 Å². The molecule has 8 rings (SSSR count). The van der Waals surface area contributed by atoms with Crippen LogP contribution in [0.2, 0.25) is 0 Å². The molecule has 2 heteroatoms. The average Bonchev–Trinajstić information content (AvgIpc) is 3.11. The fraction of sp³-hybridized carbons (Fsp3) is 0.245. The van der Waals surface area contributed by atoms with Crippen LogP contribution in [0, 0.1) is 33.6 Å². The molecule has 2 aliphatic rings. The Labute approximate surface area is 345 Å². The molecule has 0 radical (unpaired) electrons. The summed E-state index contributed by atoms with van der Waals surface area (Å²) < 4.78 is 2.13. The van der Waals surface area contributed by atoms with Crippen molar-refractivity contribution in [1.82, 2.24) is 0 Å². The molecule has 0 saturated heterocycles. The van der Waals surface area contributed by atoms with Gasteiger partial charge in [-0.15, -0.1) is 0 Å². The Kier molecular flexibility index (Phi) is 9.36. The van der Waals surface area contributed by atoms with Crippen LogP contribution >= 0.6 is 31.9 Å². The van der Waals surface area contributed by atoms with Gasteiger partial charge in [-0.05, 0) is 165 Å². The molecule has 2 aliphatic carbocycles. The zero-order valence-electron chi connectivity index (χ0n) is 33.7. The number of halogens is 2. The van der Waals surface area contributed by atoms with E-state index >= 15 is 0 Å². The van der Waals surface area contributed by atoms with Gasteiger partial charge in [-0.25, -0.2) is 0 Å². The lowest BCUT2D eigenvalue weighted by molar-refractivity contribution is 0.588. The van der Waals surface area contributed by atoms with Crippen molar-refractivity contribution in [3.05, 3.63) is 219 Å². The lowest BCUT2D eigenvalue weighted by Gasteiger charge is -2.33. The molecule has 6 aromatic rings. The van der Waals surface area contributed by atoms with Crippen molar-refractivity contribution in [3.63, 3.8) is 0 Å². The molecule has 0 amide bonds. The third-order valence-corrected chi connectivity index (χ3v) is 12.8. The van der Waals surface area contributed by atoms with Crippen LogP contribution in [0.25, 0.3) is 11.1 Å². The fourth-order valence-corrected chi connectivity index (χ4v) is 9.79. The molecule has 1 atom stereocenters. The normalized spacial score (nSPS) is 14.9. The smallest absolute Gasteiger partial charge is 0.0809 e. The van der Waals surface area contributed by atoms with E-state index in [1.807, 2.05) is 0 Å². The summed E-state index contributed by atoms with van der Waals surface area (Å²) in [5.41, 5.74) is 27.3.